The van der Waals surface area contributed by atoms with E-state index in [-0.39, 0.29) is 6.79 Å². The lowest BCUT2D eigenvalue weighted by Crippen LogP contribution is -2.10. The number of fused-ring (bicyclic) bond motifs is 1. The summed E-state index contributed by atoms with van der Waals surface area (Å²) in [4.78, 5) is 12.3. The first-order valence-electron chi connectivity index (χ1n) is 10.6. The molecule has 1 aromatic heterocycles. The van der Waals surface area contributed by atoms with E-state index in [4.69, 9.17) is 14.2 Å². The molecule has 0 aliphatic heterocycles. The van der Waals surface area contributed by atoms with Crippen molar-refractivity contribution in [1.29, 1.82) is 0 Å². The summed E-state index contributed by atoms with van der Waals surface area (Å²) in [5.74, 6) is 7.73. The molecule has 4 rings (SSSR count). The van der Waals surface area contributed by atoms with Crippen LogP contribution in [-0.4, -0.2) is 31.0 Å². The Morgan fingerprint density at radius 3 is 2.87 bits per heavy atom. The monoisotopic (exact) mass is 417 g/mol. The highest BCUT2D eigenvalue weighted by Crippen LogP contribution is 2.44. The van der Waals surface area contributed by atoms with Gasteiger partial charge < -0.3 is 18.8 Å². The van der Waals surface area contributed by atoms with Crippen LogP contribution in [0.4, 0.5) is 0 Å². The molecule has 5 heteroatoms. The number of methoxy groups -OCH3 is 1. The quantitative estimate of drug-likeness (QED) is 0.355. The molecular formula is C26H27NO4. The van der Waals surface area contributed by atoms with Crippen molar-refractivity contribution in [3.8, 4) is 23.3 Å². The highest BCUT2D eigenvalue weighted by molar-refractivity contribution is 5.93. The Kier molecular flexibility index (Phi) is 6.29. The van der Waals surface area contributed by atoms with E-state index in [1.165, 1.54) is 17.6 Å². The van der Waals surface area contributed by atoms with E-state index in [9.17, 15) is 4.79 Å². The number of hydrogen-bond acceptors (Lipinski definition) is 4. The van der Waals surface area contributed by atoms with E-state index in [2.05, 4.69) is 36.3 Å². The second kappa shape index (κ2) is 9.28. The smallest absolute Gasteiger partial charge is 0.341 e. The van der Waals surface area contributed by atoms with Gasteiger partial charge in [-0.25, -0.2) is 4.79 Å². The zero-order valence-corrected chi connectivity index (χ0v) is 18.2. The van der Waals surface area contributed by atoms with Gasteiger partial charge in [0.05, 0.1) is 6.61 Å². The Balaban J connectivity index is 1.65. The van der Waals surface area contributed by atoms with E-state index in [0.717, 1.165) is 29.5 Å². The van der Waals surface area contributed by atoms with Crippen LogP contribution >= 0.6 is 0 Å². The van der Waals surface area contributed by atoms with Crippen LogP contribution in [0.2, 0.25) is 0 Å². The number of aromatic nitrogens is 1. The Hall–Kier alpha value is -3.23. The minimum atomic E-state index is -0.416. The number of carbonyl (C=O) groups excluding carboxylic acids is 1. The normalized spacial score (nSPS) is 18.5. The van der Waals surface area contributed by atoms with Crippen LogP contribution in [0.5, 0.6) is 5.75 Å². The Morgan fingerprint density at radius 2 is 2.13 bits per heavy atom. The second-order valence-electron chi connectivity index (χ2n) is 7.77. The third kappa shape index (κ3) is 4.76. The molecule has 1 fully saturated rings. The lowest BCUT2D eigenvalue weighted by Gasteiger charge is -2.12. The van der Waals surface area contributed by atoms with Crippen LogP contribution in [0.15, 0.2) is 54.4 Å². The van der Waals surface area contributed by atoms with Crippen molar-refractivity contribution >= 4 is 5.97 Å². The summed E-state index contributed by atoms with van der Waals surface area (Å²) in [5.41, 5.74) is 4.78. The minimum Gasteiger partial charge on any atom is -0.467 e. The molecular weight excluding hydrogens is 390 g/mol. The summed E-state index contributed by atoms with van der Waals surface area (Å²) in [6, 6.07) is 5.43. The van der Waals surface area contributed by atoms with E-state index >= 15 is 0 Å². The standard InChI is InChI=1S/C26H27NO4/c1-4-6-20-15-27(16-22(20)12-18-7-8-19-13-21(19)11-18)23-9-10-24(26(28)30-5-2)25(14-23)31-17-29-3/h7-11,14-16,19,21H,5,12-13,17H2,1-3H3. The van der Waals surface area contributed by atoms with Crippen molar-refractivity contribution in [2.75, 3.05) is 20.5 Å². The summed E-state index contributed by atoms with van der Waals surface area (Å²) in [6.45, 7) is 3.97. The fourth-order valence-corrected chi connectivity index (χ4v) is 3.89. The molecule has 2 unspecified atom stereocenters. The predicted molar refractivity (Wildman–Crippen MR) is 119 cm³/mol. The van der Waals surface area contributed by atoms with Crippen molar-refractivity contribution in [1.82, 2.24) is 4.57 Å². The molecule has 1 aromatic carbocycles. The number of hydrogen-bond donors (Lipinski definition) is 0. The summed E-state index contributed by atoms with van der Waals surface area (Å²) in [5, 5.41) is 0. The number of benzene rings is 1. The molecule has 2 aliphatic rings. The molecule has 0 saturated heterocycles. The summed E-state index contributed by atoms with van der Waals surface area (Å²) >= 11 is 0. The highest BCUT2D eigenvalue weighted by atomic mass is 16.7. The number of carbonyl (C=O) groups is 1. The summed E-state index contributed by atoms with van der Waals surface area (Å²) in [7, 11) is 1.54. The van der Waals surface area contributed by atoms with Crippen molar-refractivity contribution in [2.24, 2.45) is 11.8 Å². The van der Waals surface area contributed by atoms with Crippen LogP contribution in [0.1, 0.15) is 41.8 Å². The first-order chi connectivity index (χ1) is 15.1. The maximum absolute atomic E-state index is 12.3. The van der Waals surface area contributed by atoms with E-state index < -0.39 is 5.97 Å². The second-order valence-corrected chi connectivity index (χ2v) is 7.77. The van der Waals surface area contributed by atoms with E-state index in [1.54, 1.807) is 20.1 Å². The third-order valence-electron chi connectivity index (χ3n) is 5.53. The van der Waals surface area contributed by atoms with Gasteiger partial charge in [0.2, 0.25) is 0 Å². The first kappa shape index (κ1) is 21.0. The number of rotatable bonds is 8. The van der Waals surface area contributed by atoms with Crippen LogP contribution < -0.4 is 4.74 Å². The molecule has 2 aliphatic carbocycles. The Labute approximate surface area is 183 Å². The van der Waals surface area contributed by atoms with Crippen LogP contribution in [0.25, 0.3) is 5.69 Å². The molecule has 2 atom stereocenters. The summed E-state index contributed by atoms with van der Waals surface area (Å²) in [6.07, 6.45) is 13.2. The van der Waals surface area contributed by atoms with Gasteiger partial charge in [0.1, 0.15) is 11.3 Å². The SMILES string of the molecule is CC#Cc1cn(-c2ccc(C(=O)OCC)c(OCOC)c2)cc1CC1=CC2CC2C=C1. The number of ether oxygens (including phenoxy) is 3. The van der Waals surface area contributed by atoms with Crippen LogP contribution in [0.3, 0.4) is 0 Å². The van der Waals surface area contributed by atoms with Crippen molar-refractivity contribution in [3.63, 3.8) is 0 Å². The largest absolute Gasteiger partial charge is 0.467 e. The summed E-state index contributed by atoms with van der Waals surface area (Å²) < 4.78 is 17.9. The fourth-order valence-electron chi connectivity index (χ4n) is 3.89. The van der Waals surface area contributed by atoms with Crippen molar-refractivity contribution in [3.05, 3.63) is 71.1 Å². The molecule has 160 valence electrons. The van der Waals surface area contributed by atoms with Crippen LogP contribution in [-0.2, 0) is 15.9 Å². The van der Waals surface area contributed by atoms with Gasteiger partial charge in [-0.3, -0.25) is 0 Å². The maximum atomic E-state index is 12.3. The van der Waals surface area contributed by atoms with Crippen molar-refractivity contribution < 1.29 is 19.0 Å². The van der Waals surface area contributed by atoms with E-state index in [0.29, 0.717) is 17.9 Å². The van der Waals surface area contributed by atoms with Gasteiger partial charge >= 0.3 is 5.97 Å². The Bertz CT molecular complexity index is 1100. The molecule has 2 aromatic rings. The molecule has 0 spiro atoms. The highest BCUT2D eigenvalue weighted by Gasteiger charge is 2.34. The number of nitrogens with zero attached hydrogens (tertiary/aromatic N) is 1. The molecule has 31 heavy (non-hydrogen) atoms. The Morgan fingerprint density at radius 1 is 1.26 bits per heavy atom. The lowest BCUT2D eigenvalue weighted by atomic mass is 9.99. The zero-order chi connectivity index (χ0) is 21.8. The predicted octanol–water partition coefficient (Wildman–Crippen LogP) is 4.68. The third-order valence-corrected chi connectivity index (χ3v) is 5.53. The number of allylic oxidation sites excluding steroid dienone is 4. The van der Waals surface area contributed by atoms with Crippen LogP contribution in [0, 0.1) is 23.7 Å². The molecule has 0 radical (unpaired) electrons. The maximum Gasteiger partial charge on any atom is 0.341 e. The van der Waals surface area contributed by atoms with Gasteiger partial charge in [0, 0.05) is 36.8 Å². The first-order valence-corrected chi connectivity index (χ1v) is 10.6. The van der Waals surface area contributed by atoms with Crippen molar-refractivity contribution in [2.45, 2.75) is 26.7 Å². The molecule has 0 bridgehead atoms. The molecule has 5 nitrogen and oxygen atoms in total. The molecule has 0 amide bonds. The van der Waals surface area contributed by atoms with Gasteiger partial charge in [-0.2, -0.15) is 0 Å². The van der Waals surface area contributed by atoms with Gasteiger partial charge in [0.25, 0.3) is 0 Å². The zero-order valence-electron chi connectivity index (χ0n) is 18.2. The van der Waals surface area contributed by atoms with Gasteiger partial charge in [0.15, 0.2) is 6.79 Å². The fraction of sp³-hybridized carbons (Fsp3) is 0.346. The average Bonchev–Trinajstić information content (AvgIpc) is 3.44. The van der Waals surface area contributed by atoms with Gasteiger partial charge in [-0.1, -0.05) is 24.1 Å². The number of esters is 1. The topological polar surface area (TPSA) is 49.7 Å². The lowest BCUT2D eigenvalue weighted by molar-refractivity contribution is 0.0438. The molecule has 0 N–H and O–H groups in total. The molecule has 1 heterocycles. The van der Waals surface area contributed by atoms with Gasteiger partial charge in [-0.15, -0.1) is 5.92 Å². The van der Waals surface area contributed by atoms with Gasteiger partial charge in [-0.05, 0) is 61.8 Å². The van der Waals surface area contributed by atoms with E-state index in [1.807, 2.05) is 29.8 Å². The average molecular weight is 418 g/mol. The minimum absolute atomic E-state index is 0.0436. The molecule has 1 saturated carbocycles.